The minimum Gasteiger partial charge on any atom is -0.490 e. The first-order valence-electron chi connectivity index (χ1n) is 8.08. The number of carbonyl (C=O) groups excluding carboxylic acids is 1. The zero-order chi connectivity index (χ0) is 17.6. The highest BCUT2D eigenvalue weighted by Gasteiger charge is 2.21. The van der Waals surface area contributed by atoms with E-state index in [4.69, 9.17) is 14.2 Å². The average Bonchev–Trinajstić information content (AvgIpc) is 3.14. The van der Waals surface area contributed by atoms with Gasteiger partial charge in [-0.25, -0.2) is 9.78 Å². The molecule has 8 heteroatoms. The summed E-state index contributed by atoms with van der Waals surface area (Å²) in [6.07, 6.45) is 3.11. The summed E-state index contributed by atoms with van der Waals surface area (Å²) in [6, 6.07) is 5.65. The highest BCUT2D eigenvalue weighted by Crippen LogP contribution is 2.35. The molecular weight excluding hydrogens is 324 g/mol. The number of rotatable bonds is 6. The Balaban J connectivity index is 1.76. The number of hydrogen-bond acceptors (Lipinski definition) is 6. The van der Waals surface area contributed by atoms with E-state index in [1.165, 1.54) is 4.90 Å². The molecule has 0 unspecified atom stereocenters. The van der Waals surface area contributed by atoms with Crippen LogP contribution in [0.3, 0.4) is 0 Å². The quantitative estimate of drug-likeness (QED) is 0.806. The maximum absolute atomic E-state index is 12.1. The van der Waals surface area contributed by atoms with E-state index in [2.05, 4.69) is 14.9 Å². The molecule has 1 N–H and O–H groups in total. The molecule has 0 radical (unpaired) electrons. The Morgan fingerprint density at radius 2 is 2.32 bits per heavy atom. The number of hydrogen-bond donors (Lipinski definition) is 1. The van der Waals surface area contributed by atoms with E-state index in [0.717, 1.165) is 29.4 Å². The van der Waals surface area contributed by atoms with Crippen molar-refractivity contribution in [3.8, 4) is 5.75 Å². The Morgan fingerprint density at radius 3 is 3.08 bits per heavy atom. The van der Waals surface area contributed by atoms with Crippen LogP contribution in [0.4, 0.5) is 16.2 Å². The molecule has 3 rings (SSSR count). The summed E-state index contributed by atoms with van der Waals surface area (Å²) in [5, 5.41) is 0. The second-order valence-corrected chi connectivity index (χ2v) is 5.65. The van der Waals surface area contributed by atoms with Gasteiger partial charge >= 0.3 is 6.09 Å². The first kappa shape index (κ1) is 17.1. The number of aromatic nitrogens is 2. The summed E-state index contributed by atoms with van der Waals surface area (Å²) in [6.45, 7) is 2.64. The zero-order valence-corrected chi connectivity index (χ0v) is 14.4. The van der Waals surface area contributed by atoms with Gasteiger partial charge in [0, 0.05) is 26.0 Å². The molecule has 0 saturated heterocycles. The van der Waals surface area contributed by atoms with Crippen LogP contribution in [0.2, 0.25) is 0 Å². The Labute approximate surface area is 146 Å². The van der Waals surface area contributed by atoms with Crippen LogP contribution >= 0.6 is 0 Å². The van der Waals surface area contributed by atoms with Gasteiger partial charge in [0.1, 0.15) is 19.0 Å². The largest absolute Gasteiger partial charge is 0.490 e. The van der Waals surface area contributed by atoms with Gasteiger partial charge in [-0.3, -0.25) is 4.90 Å². The fourth-order valence-electron chi connectivity index (χ4n) is 2.62. The number of benzene rings is 1. The highest BCUT2D eigenvalue weighted by atomic mass is 16.6. The van der Waals surface area contributed by atoms with Gasteiger partial charge in [0.05, 0.1) is 37.4 Å². The lowest BCUT2D eigenvalue weighted by atomic mass is 10.2. The van der Waals surface area contributed by atoms with E-state index in [1.807, 2.05) is 24.4 Å². The first-order valence-corrected chi connectivity index (χ1v) is 8.08. The van der Waals surface area contributed by atoms with Gasteiger partial charge in [-0.2, -0.15) is 0 Å². The van der Waals surface area contributed by atoms with Crippen molar-refractivity contribution in [1.29, 1.82) is 0 Å². The second-order valence-electron chi connectivity index (χ2n) is 5.65. The summed E-state index contributed by atoms with van der Waals surface area (Å²) in [5.41, 5.74) is 2.62. The van der Waals surface area contributed by atoms with Crippen molar-refractivity contribution in [2.75, 3.05) is 50.3 Å². The average molecular weight is 346 g/mol. The van der Waals surface area contributed by atoms with Gasteiger partial charge in [-0.15, -0.1) is 0 Å². The molecule has 2 heterocycles. The third-order valence-corrected chi connectivity index (χ3v) is 3.98. The third-order valence-electron chi connectivity index (χ3n) is 3.98. The van der Waals surface area contributed by atoms with E-state index in [-0.39, 0.29) is 6.61 Å². The number of nitrogens with zero attached hydrogens (tertiary/aromatic N) is 3. The van der Waals surface area contributed by atoms with E-state index < -0.39 is 6.09 Å². The number of fused-ring (bicyclic) bond motifs is 1. The molecule has 134 valence electrons. The lowest BCUT2D eigenvalue weighted by Gasteiger charge is -2.31. The predicted molar refractivity (Wildman–Crippen MR) is 93.2 cm³/mol. The molecule has 1 aromatic heterocycles. The Bertz CT molecular complexity index is 705. The molecule has 2 aromatic rings. The summed E-state index contributed by atoms with van der Waals surface area (Å²) in [4.78, 5) is 23.0. The minimum absolute atomic E-state index is 0.221. The molecular formula is C17H22N4O4. The van der Waals surface area contributed by atoms with Crippen LogP contribution in [-0.4, -0.2) is 56.6 Å². The predicted octanol–water partition coefficient (Wildman–Crippen LogP) is 2.03. The number of aromatic amines is 1. The van der Waals surface area contributed by atoms with Crippen LogP contribution in [0.5, 0.6) is 5.75 Å². The van der Waals surface area contributed by atoms with Crippen LogP contribution in [-0.2, 0) is 16.0 Å². The SMILES string of the molecule is COCCOC(=O)N(C)c1ccc2c(c1)N(Cc1c[nH]cn1)CCO2. The summed E-state index contributed by atoms with van der Waals surface area (Å²) >= 11 is 0. The molecule has 1 aromatic carbocycles. The molecule has 0 fully saturated rings. The number of ether oxygens (including phenoxy) is 3. The normalized spacial score (nSPS) is 13.1. The molecule has 0 bridgehead atoms. The van der Waals surface area contributed by atoms with Crippen molar-refractivity contribution in [3.63, 3.8) is 0 Å². The van der Waals surface area contributed by atoms with Gasteiger partial charge in [-0.05, 0) is 18.2 Å². The number of imidazole rings is 1. The highest BCUT2D eigenvalue weighted by molar-refractivity contribution is 5.88. The third kappa shape index (κ3) is 4.03. The monoisotopic (exact) mass is 346 g/mol. The lowest BCUT2D eigenvalue weighted by molar-refractivity contribution is 0.104. The van der Waals surface area contributed by atoms with Crippen LogP contribution in [0.15, 0.2) is 30.7 Å². The summed E-state index contributed by atoms with van der Waals surface area (Å²) in [5.74, 6) is 0.798. The fourth-order valence-corrected chi connectivity index (χ4v) is 2.62. The number of methoxy groups -OCH3 is 1. The van der Waals surface area contributed by atoms with E-state index in [0.29, 0.717) is 19.8 Å². The smallest absolute Gasteiger partial charge is 0.414 e. The zero-order valence-electron chi connectivity index (χ0n) is 14.4. The van der Waals surface area contributed by atoms with Crippen molar-refractivity contribution in [2.24, 2.45) is 0 Å². The van der Waals surface area contributed by atoms with Crippen LogP contribution in [0.25, 0.3) is 0 Å². The van der Waals surface area contributed by atoms with Crippen molar-refractivity contribution >= 4 is 17.5 Å². The number of amides is 1. The van der Waals surface area contributed by atoms with Crippen LogP contribution in [0, 0.1) is 0 Å². The van der Waals surface area contributed by atoms with Gasteiger partial charge in [0.25, 0.3) is 0 Å². The molecule has 1 aliphatic rings. The van der Waals surface area contributed by atoms with E-state index in [9.17, 15) is 4.79 Å². The number of carbonyl (C=O) groups is 1. The molecule has 0 atom stereocenters. The molecule has 1 aliphatic heterocycles. The minimum atomic E-state index is -0.424. The summed E-state index contributed by atoms with van der Waals surface area (Å²) < 4.78 is 15.8. The van der Waals surface area contributed by atoms with Gasteiger partial charge in [0.2, 0.25) is 0 Å². The second kappa shape index (κ2) is 7.89. The Kier molecular flexibility index (Phi) is 5.39. The van der Waals surface area contributed by atoms with Crippen molar-refractivity contribution in [3.05, 3.63) is 36.4 Å². The van der Waals surface area contributed by atoms with Gasteiger partial charge < -0.3 is 24.1 Å². The van der Waals surface area contributed by atoms with Crippen molar-refractivity contribution in [1.82, 2.24) is 9.97 Å². The molecule has 0 spiro atoms. The number of anilines is 2. The standard InChI is InChI=1S/C17H22N4O4/c1-20(17(22)25-8-7-23-2)14-3-4-16-15(9-14)21(5-6-24-16)11-13-10-18-12-19-13/h3-4,9-10,12H,5-8,11H2,1-2H3,(H,18,19). The topological polar surface area (TPSA) is 79.9 Å². The van der Waals surface area contributed by atoms with Crippen molar-refractivity contribution in [2.45, 2.75) is 6.54 Å². The fraction of sp³-hybridized carbons (Fsp3) is 0.412. The molecule has 0 aliphatic carbocycles. The van der Waals surface area contributed by atoms with Gasteiger partial charge in [-0.1, -0.05) is 0 Å². The Morgan fingerprint density at radius 1 is 1.44 bits per heavy atom. The molecule has 1 amide bonds. The number of nitrogens with one attached hydrogen (secondary N) is 1. The first-order chi connectivity index (χ1) is 12.2. The molecule has 25 heavy (non-hydrogen) atoms. The number of H-pyrrole nitrogens is 1. The van der Waals surface area contributed by atoms with Crippen molar-refractivity contribution < 1.29 is 19.0 Å². The van der Waals surface area contributed by atoms with Crippen LogP contribution < -0.4 is 14.5 Å². The molecule has 8 nitrogen and oxygen atoms in total. The summed E-state index contributed by atoms with van der Waals surface area (Å²) in [7, 11) is 3.24. The molecule has 0 saturated carbocycles. The van der Waals surface area contributed by atoms with E-state index in [1.54, 1.807) is 20.5 Å². The maximum Gasteiger partial charge on any atom is 0.414 e. The van der Waals surface area contributed by atoms with Crippen LogP contribution in [0.1, 0.15) is 5.69 Å². The maximum atomic E-state index is 12.1. The van der Waals surface area contributed by atoms with Gasteiger partial charge in [0.15, 0.2) is 0 Å². The Hall–Kier alpha value is -2.74. The van der Waals surface area contributed by atoms with E-state index >= 15 is 0 Å². The lowest BCUT2D eigenvalue weighted by Crippen LogP contribution is -2.33.